The maximum atomic E-state index is 13.3. The monoisotopic (exact) mass is 445 g/mol. The number of aromatic nitrogens is 5. The second kappa shape index (κ2) is 8.28. The molecule has 33 heavy (non-hydrogen) atoms. The summed E-state index contributed by atoms with van der Waals surface area (Å²) < 4.78 is 1.84. The molecular weight excluding hydrogens is 418 g/mol. The van der Waals surface area contributed by atoms with Gasteiger partial charge in [-0.05, 0) is 32.9 Å². The molecule has 0 saturated carbocycles. The number of imidazole rings is 1. The van der Waals surface area contributed by atoms with Crippen molar-refractivity contribution in [3.8, 4) is 0 Å². The van der Waals surface area contributed by atoms with E-state index < -0.39 is 0 Å². The third-order valence-electron chi connectivity index (χ3n) is 5.78. The van der Waals surface area contributed by atoms with Gasteiger partial charge in [-0.25, -0.2) is 9.97 Å². The van der Waals surface area contributed by atoms with Crippen molar-refractivity contribution >= 4 is 39.9 Å². The Morgan fingerprint density at radius 2 is 1.79 bits per heavy atom. The van der Waals surface area contributed by atoms with Crippen LogP contribution in [0.25, 0.3) is 16.7 Å². The number of nitrogens with zero attached hydrogens (tertiary/aromatic N) is 6. The van der Waals surface area contributed by atoms with Crippen molar-refractivity contribution < 1.29 is 4.79 Å². The van der Waals surface area contributed by atoms with E-state index in [2.05, 4.69) is 54.6 Å². The van der Waals surface area contributed by atoms with Crippen LogP contribution >= 0.6 is 0 Å². The van der Waals surface area contributed by atoms with Crippen LogP contribution in [0.3, 0.4) is 0 Å². The summed E-state index contributed by atoms with van der Waals surface area (Å²) in [4.78, 5) is 33.6. The molecule has 1 saturated heterocycles. The van der Waals surface area contributed by atoms with Gasteiger partial charge in [-0.3, -0.25) is 14.8 Å². The number of anilines is 3. The Kier molecular flexibility index (Phi) is 5.29. The molecule has 1 aromatic carbocycles. The molecule has 3 N–H and O–H groups in total. The van der Waals surface area contributed by atoms with Gasteiger partial charge in [0, 0.05) is 50.8 Å². The summed E-state index contributed by atoms with van der Waals surface area (Å²) in [5, 5.41) is 9.50. The summed E-state index contributed by atoms with van der Waals surface area (Å²) >= 11 is 0. The molecule has 3 aromatic heterocycles. The van der Waals surface area contributed by atoms with E-state index in [1.165, 1.54) is 0 Å². The molecule has 10 nitrogen and oxygen atoms in total. The average molecular weight is 446 g/mol. The zero-order chi connectivity index (χ0) is 23.1. The lowest BCUT2D eigenvalue weighted by molar-refractivity contribution is 0.102. The Labute approximate surface area is 191 Å². The molecule has 170 valence electrons. The highest BCUT2D eigenvalue weighted by molar-refractivity contribution is 6.12. The van der Waals surface area contributed by atoms with E-state index in [1.54, 1.807) is 25.6 Å². The molecule has 4 heterocycles. The van der Waals surface area contributed by atoms with Crippen LogP contribution in [-0.2, 0) is 0 Å². The lowest BCUT2D eigenvalue weighted by Crippen LogP contribution is -2.54. The zero-order valence-electron chi connectivity index (χ0n) is 19.1. The van der Waals surface area contributed by atoms with Crippen molar-refractivity contribution in [2.75, 3.05) is 35.7 Å². The van der Waals surface area contributed by atoms with E-state index in [0.717, 1.165) is 30.0 Å². The third kappa shape index (κ3) is 3.93. The van der Waals surface area contributed by atoms with Crippen LogP contribution in [0.15, 0.2) is 36.9 Å². The van der Waals surface area contributed by atoms with E-state index in [4.69, 9.17) is 0 Å². The predicted molar refractivity (Wildman–Crippen MR) is 129 cm³/mol. The largest absolute Gasteiger partial charge is 0.370 e. The smallest absolute Gasteiger partial charge is 0.259 e. The van der Waals surface area contributed by atoms with Gasteiger partial charge in [0.25, 0.3) is 5.91 Å². The van der Waals surface area contributed by atoms with Gasteiger partial charge in [0.15, 0.2) is 17.3 Å². The molecule has 1 fully saturated rings. The molecule has 0 radical (unpaired) electrons. The Hall–Kier alpha value is -3.79. The van der Waals surface area contributed by atoms with Gasteiger partial charge in [-0.1, -0.05) is 0 Å². The summed E-state index contributed by atoms with van der Waals surface area (Å²) in [7, 11) is 1.78. The average Bonchev–Trinajstić information content (AvgIpc) is 3.17. The predicted octanol–water partition coefficient (Wildman–Crippen LogP) is 2.46. The number of fused-ring (bicyclic) bond motifs is 2. The van der Waals surface area contributed by atoms with Crippen molar-refractivity contribution in [2.45, 2.75) is 32.9 Å². The topological polar surface area (TPSA) is 112 Å². The Bertz CT molecular complexity index is 1340. The molecule has 1 aliphatic rings. The summed E-state index contributed by atoms with van der Waals surface area (Å²) in [5.41, 5.74) is 4.29. The first kappa shape index (κ1) is 21.1. The molecule has 5 rings (SSSR count). The van der Waals surface area contributed by atoms with Crippen molar-refractivity contribution in [1.82, 2.24) is 29.7 Å². The van der Waals surface area contributed by atoms with Crippen molar-refractivity contribution in [1.29, 1.82) is 0 Å². The van der Waals surface area contributed by atoms with E-state index in [-0.39, 0.29) is 5.91 Å². The fourth-order valence-electron chi connectivity index (χ4n) is 4.54. The van der Waals surface area contributed by atoms with Crippen LogP contribution in [0.4, 0.5) is 17.3 Å². The number of hydrogen-bond acceptors (Lipinski definition) is 8. The van der Waals surface area contributed by atoms with E-state index in [0.29, 0.717) is 40.4 Å². The molecule has 1 amide bonds. The van der Waals surface area contributed by atoms with Gasteiger partial charge >= 0.3 is 0 Å². The van der Waals surface area contributed by atoms with E-state index >= 15 is 0 Å². The number of hydrogen-bond donors (Lipinski definition) is 3. The van der Waals surface area contributed by atoms with Crippen molar-refractivity contribution in [3.63, 3.8) is 0 Å². The lowest BCUT2D eigenvalue weighted by atomic mass is 10.1. The number of aryl methyl sites for hydroxylation is 1. The van der Waals surface area contributed by atoms with Crippen molar-refractivity contribution in [3.05, 3.63) is 48.2 Å². The number of nitrogens with one attached hydrogen (secondary N) is 3. The van der Waals surface area contributed by atoms with Gasteiger partial charge in [-0.2, -0.15) is 0 Å². The highest BCUT2D eigenvalue weighted by atomic mass is 16.1. The first-order chi connectivity index (χ1) is 15.9. The summed E-state index contributed by atoms with van der Waals surface area (Å²) in [6.07, 6.45) is 6.92. The first-order valence-electron chi connectivity index (χ1n) is 11.0. The third-order valence-corrected chi connectivity index (χ3v) is 5.78. The quantitative estimate of drug-likeness (QED) is 0.439. The lowest BCUT2D eigenvalue weighted by Gasteiger charge is -2.38. The minimum absolute atomic E-state index is 0.292. The van der Waals surface area contributed by atoms with Crippen LogP contribution in [-0.4, -0.2) is 62.5 Å². The highest BCUT2D eigenvalue weighted by Gasteiger charge is 2.24. The van der Waals surface area contributed by atoms with Gasteiger partial charge in [0.05, 0.1) is 23.1 Å². The van der Waals surface area contributed by atoms with Gasteiger partial charge in [0.2, 0.25) is 0 Å². The van der Waals surface area contributed by atoms with Crippen LogP contribution in [0, 0.1) is 6.92 Å². The van der Waals surface area contributed by atoms with Crippen LogP contribution in [0.2, 0.25) is 0 Å². The molecule has 0 unspecified atom stereocenters. The van der Waals surface area contributed by atoms with Crippen LogP contribution in [0.1, 0.15) is 29.9 Å². The Morgan fingerprint density at radius 3 is 2.52 bits per heavy atom. The fraction of sp³-hybridized carbons (Fsp3) is 0.348. The minimum atomic E-state index is -0.292. The molecule has 4 aromatic rings. The number of piperazine rings is 1. The van der Waals surface area contributed by atoms with Gasteiger partial charge in [0.1, 0.15) is 11.0 Å². The van der Waals surface area contributed by atoms with Crippen molar-refractivity contribution in [2.24, 2.45) is 0 Å². The molecule has 0 aliphatic carbocycles. The second-order valence-electron chi connectivity index (χ2n) is 8.55. The normalized spacial score (nSPS) is 18.6. The fourth-order valence-corrected chi connectivity index (χ4v) is 4.54. The SMILES string of the molecule is CNc1nc(NC(=O)c2ccc(N3C[C@H](C)N[C@@H](C)C3)c3nccnc23)cn2cc(C)nc12. The molecule has 0 bridgehead atoms. The number of carbonyl (C=O) groups is 1. The number of amides is 1. The summed E-state index contributed by atoms with van der Waals surface area (Å²) in [6, 6.07) is 4.50. The zero-order valence-corrected chi connectivity index (χ0v) is 19.1. The number of carbonyl (C=O) groups excluding carboxylic acids is 1. The van der Waals surface area contributed by atoms with Gasteiger partial charge in [-0.15, -0.1) is 0 Å². The maximum absolute atomic E-state index is 13.3. The molecule has 0 spiro atoms. The second-order valence-corrected chi connectivity index (χ2v) is 8.55. The Balaban J connectivity index is 1.50. The first-order valence-corrected chi connectivity index (χ1v) is 11.0. The summed E-state index contributed by atoms with van der Waals surface area (Å²) in [6.45, 7) is 7.98. The minimum Gasteiger partial charge on any atom is -0.370 e. The molecule has 10 heteroatoms. The molecular formula is C23H27N9O. The van der Waals surface area contributed by atoms with Crippen LogP contribution < -0.4 is 20.9 Å². The molecule has 1 aliphatic heterocycles. The van der Waals surface area contributed by atoms with E-state index in [9.17, 15) is 4.79 Å². The molecule has 2 atom stereocenters. The van der Waals surface area contributed by atoms with Crippen LogP contribution in [0.5, 0.6) is 0 Å². The summed E-state index contributed by atoms with van der Waals surface area (Å²) in [5.74, 6) is 0.711. The standard InChI is InChI=1S/C23H27N9O/c1-13-9-31(10-14(2)27-13)17-6-5-16(19-20(17)26-8-7-25-19)23(33)30-18-12-32-11-15(3)28-22(32)21(24-4)29-18/h5-8,11-14,27H,9-10H2,1-4H3,(H,24,29)(H,30,33)/t13-,14-/m0/s1. The highest BCUT2D eigenvalue weighted by Crippen LogP contribution is 2.28. The van der Waals surface area contributed by atoms with Gasteiger partial charge < -0.3 is 25.3 Å². The maximum Gasteiger partial charge on any atom is 0.259 e. The Morgan fingerprint density at radius 1 is 1.06 bits per heavy atom. The van der Waals surface area contributed by atoms with E-state index in [1.807, 2.05) is 29.7 Å². The number of rotatable bonds is 4. The number of benzene rings is 1.